The monoisotopic (exact) mass is 382 g/mol. The summed E-state index contributed by atoms with van der Waals surface area (Å²) in [6, 6.07) is 11.9. The third-order valence-corrected chi connectivity index (χ3v) is 5.43. The topological polar surface area (TPSA) is 97.5 Å². The van der Waals surface area contributed by atoms with Crippen LogP contribution in [-0.2, 0) is 4.74 Å². The van der Waals surface area contributed by atoms with Gasteiger partial charge in [-0.15, -0.1) is 0 Å². The van der Waals surface area contributed by atoms with Crippen LogP contribution in [-0.4, -0.2) is 43.1 Å². The van der Waals surface area contributed by atoms with Crippen molar-refractivity contribution in [2.24, 2.45) is 5.73 Å². The molecule has 0 saturated carbocycles. The van der Waals surface area contributed by atoms with Crippen LogP contribution in [0.3, 0.4) is 0 Å². The predicted molar refractivity (Wildman–Crippen MR) is 106 cm³/mol. The van der Waals surface area contributed by atoms with Crippen molar-refractivity contribution in [3.63, 3.8) is 0 Å². The molecule has 2 aromatic carbocycles. The van der Waals surface area contributed by atoms with E-state index in [1.54, 1.807) is 23.5 Å². The van der Waals surface area contributed by atoms with Gasteiger partial charge >= 0.3 is 0 Å². The summed E-state index contributed by atoms with van der Waals surface area (Å²) in [6.07, 6.45) is 0. The van der Waals surface area contributed by atoms with Gasteiger partial charge in [0, 0.05) is 29.9 Å². The molecule has 0 bridgehead atoms. The summed E-state index contributed by atoms with van der Waals surface area (Å²) < 4.78 is 6.40. The lowest BCUT2D eigenvalue weighted by atomic mass is 10.1. The molecule has 27 heavy (non-hydrogen) atoms. The molecule has 1 saturated heterocycles. The van der Waals surface area contributed by atoms with Gasteiger partial charge in [-0.3, -0.25) is 9.59 Å². The Balaban J connectivity index is 1.51. The number of nitrogens with two attached hydrogens (primary N) is 1. The van der Waals surface area contributed by atoms with E-state index in [0.717, 1.165) is 28.4 Å². The van der Waals surface area contributed by atoms with Crippen molar-refractivity contribution in [1.29, 1.82) is 0 Å². The normalized spacial score (nSPS) is 14.3. The van der Waals surface area contributed by atoms with Crippen molar-refractivity contribution >= 4 is 44.2 Å². The average molecular weight is 382 g/mol. The lowest BCUT2D eigenvalue weighted by Crippen LogP contribution is -2.36. The smallest absolute Gasteiger partial charge is 0.255 e. The number of fused-ring (bicyclic) bond motifs is 1. The standard InChI is InChI=1S/C19H18N4O3S/c20-17(24)12-1-3-13(4-2-12)18(25)21-14-5-6-15-16(11-14)27-19(22-15)23-7-9-26-10-8-23/h1-6,11H,7-10H2,(H2,20,24)(H,21,25). The molecule has 3 N–H and O–H groups in total. The van der Waals surface area contributed by atoms with Gasteiger partial charge in [-0.1, -0.05) is 11.3 Å². The van der Waals surface area contributed by atoms with Gasteiger partial charge in [0.25, 0.3) is 5.91 Å². The van der Waals surface area contributed by atoms with Gasteiger partial charge in [0.05, 0.1) is 23.4 Å². The quantitative estimate of drug-likeness (QED) is 0.722. The van der Waals surface area contributed by atoms with Gasteiger partial charge in [-0.2, -0.15) is 0 Å². The van der Waals surface area contributed by atoms with Gasteiger partial charge in [-0.25, -0.2) is 4.98 Å². The van der Waals surface area contributed by atoms with Crippen LogP contribution in [0.25, 0.3) is 10.2 Å². The lowest BCUT2D eigenvalue weighted by molar-refractivity contribution is 0.0995. The molecule has 1 aliphatic heterocycles. The van der Waals surface area contributed by atoms with E-state index in [0.29, 0.717) is 30.0 Å². The van der Waals surface area contributed by atoms with E-state index in [-0.39, 0.29) is 5.91 Å². The first-order valence-corrected chi connectivity index (χ1v) is 9.36. The lowest BCUT2D eigenvalue weighted by Gasteiger charge is -2.25. The summed E-state index contributed by atoms with van der Waals surface area (Å²) in [6.45, 7) is 3.10. The summed E-state index contributed by atoms with van der Waals surface area (Å²) in [7, 11) is 0. The molecule has 2 heterocycles. The Hall–Kier alpha value is -2.97. The van der Waals surface area contributed by atoms with Crippen molar-refractivity contribution in [1.82, 2.24) is 4.98 Å². The minimum atomic E-state index is -0.520. The molecule has 1 aromatic heterocycles. The number of hydrogen-bond acceptors (Lipinski definition) is 6. The molecule has 8 heteroatoms. The largest absolute Gasteiger partial charge is 0.378 e. The molecule has 0 atom stereocenters. The number of nitrogens with zero attached hydrogens (tertiary/aromatic N) is 2. The summed E-state index contributed by atoms with van der Waals surface area (Å²) in [4.78, 5) is 30.4. The second-order valence-electron chi connectivity index (χ2n) is 6.17. The first kappa shape index (κ1) is 17.4. The number of amides is 2. The van der Waals surface area contributed by atoms with E-state index in [1.807, 2.05) is 18.2 Å². The van der Waals surface area contributed by atoms with E-state index in [1.165, 1.54) is 12.1 Å². The van der Waals surface area contributed by atoms with E-state index in [2.05, 4.69) is 15.2 Å². The van der Waals surface area contributed by atoms with E-state index in [9.17, 15) is 9.59 Å². The van der Waals surface area contributed by atoms with Gasteiger partial charge < -0.3 is 20.7 Å². The van der Waals surface area contributed by atoms with Crippen LogP contribution in [0.15, 0.2) is 42.5 Å². The number of thiazole rings is 1. The number of aromatic nitrogens is 1. The zero-order chi connectivity index (χ0) is 18.8. The average Bonchev–Trinajstić information content (AvgIpc) is 3.12. The van der Waals surface area contributed by atoms with Crippen LogP contribution in [0.1, 0.15) is 20.7 Å². The summed E-state index contributed by atoms with van der Waals surface area (Å²) in [5, 5.41) is 3.85. The van der Waals surface area contributed by atoms with E-state index < -0.39 is 5.91 Å². The van der Waals surface area contributed by atoms with Gasteiger partial charge in [0.1, 0.15) is 0 Å². The van der Waals surface area contributed by atoms with Crippen molar-refractivity contribution in [2.75, 3.05) is 36.5 Å². The highest BCUT2D eigenvalue weighted by atomic mass is 32.1. The van der Waals surface area contributed by atoms with Gasteiger partial charge in [0.2, 0.25) is 5.91 Å². The number of ether oxygens (including phenoxy) is 1. The third kappa shape index (κ3) is 3.76. The molecule has 2 amide bonds. The predicted octanol–water partition coefficient (Wildman–Crippen LogP) is 2.48. The van der Waals surface area contributed by atoms with Crippen LogP contribution in [0, 0.1) is 0 Å². The molecular formula is C19H18N4O3S. The Labute approximate surface area is 159 Å². The summed E-state index contributed by atoms with van der Waals surface area (Å²) >= 11 is 1.60. The van der Waals surface area contributed by atoms with Gasteiger partial charge in [-0.05, 0) is 42.5 Å². The fourth-order valence-electron chi connectivity index (χ4n) is 2.87. The fraction of sp³-hybridized carbons (Fsp3) is 0.211. The van der Waals surface area contributed by atoms with E-state index in [4.69, 9.17) is 10.5 Å². The molecule has 0 radical (unpaired) electrons. The van der Waals surface area contributed by atoms with Crippen LogP contribution in [0.2, 0.25) is 0 Å². The highest BCUT2D eigenvalue weighted by molar-refractivity contribution is 7.22. The van der Waals surface area contributed by atoms with Crippen molar-refractivity contribution in [3.05, 3.63) is 53.6 Å². The number of carbonyl (C=O) groups is 2. The maximum Gasteiger partial charge on any atom is 0.255 e. The Kier molecular flexibility index (Phi) is 4.74. The van der Waals surface area contributed by atoms with Crippen LogP contribution in [0.4, 0.5) is 10.8 Å². The number of morpholine rings is 1. The van der Waals surface area contributed by atoms with Crippen LogP contribution < -0.4 is 16.0 Å². The molecular weight excluding hydrogens is 364 g/mol. The zero-order valence-electron chi connectivity index (χ0n) is 14.5. The highest BCUT2D eigenvalue weighted by Crippen LogP contribution is 2.31. The Morgan fingerprint density at radius 1 is 1.07 bits per heavy atom. The second-order valence-corrected chi connectivity index (χ2v) is 7.18. The Bertz CT molecular complexity index is 994. The van der Waals surface area contributed by atoms with Crippen molar-refractivity contribution in [2.45, 2.75) is 0 Å². The SMILES string of the molecule is NC(=O)c1ccc(C(=O)Nc2ccc3nc(N4CCOCC4)sc3c2)cc1. The van der Waals surface area contributed by atoms with E-state index >= 15 is 0 Å². The number of benzene rings is 2. The van der Waals surface area contributed by atoms with Gasteiger partial charge in [0.15, 0.2) is 5.13 Å². The number of primary amides is 1. The number of carbonyl (C=O) groups excluding carboxylic acids is 2. The van der Waals surface area contributed by atoms with Crippen molar-refractivity contribution in [3.8, 4) is 0 Å². The highest BCUT2D eigenvalue weighted by Gasteiger charge is 2.16. The molecule has 3 aromatic rings. The third-order valence-electron chi connectivity index (χ3n) is 4.35. The maximum absolute atomic E-state index is 12.4. The zero-order valence-corrected chi connectivity index (χ0v) is 15.3. The Morgan fingerprint density at radius 2 is 1.78 bits per heavy atom. The molecule has 1 aliphatic rings. The first-order chi connectivity index (χ1) is 13.1. The second kappa shape index (κ2) is 7.34. The number of anilines is 2. The number of rotatable bonds is 4. The number of nitrogens with one attached hydrogen (secondary N) is 1. The van der Waals surface area contributed by atoms with Crippen LogP contribution >= 0.6 is 11.3 Å². The molecule has 0 spiro atoms. The first-order valence-electron chi connectivity index (χ1n) is 8.55. The minimum absolute atomic E-state index is 0.247. The maximum atomic E-state index is 12.4. The summed E-state index contributed by atoms with van der Waals surface area (Å²) in [5.41, 5.74) is 7.65. The molecule has 4 rings (SSSR count). The minimum Gasteiger partial charge on any atom is -0.378 e. The van der Waals surface area contributed by atoms with Crippen molar-refractivity contribution < 1.29 is 14.3 Å². The Morgan fingerprint density at radius 3 is 2.48 bits per heavy atom. The molecule has 1 fully saturated rings. The fourth-order valence-corrected chi connectivity index (χ4v) is 3.93. The molecule has 0 aliphatic carbocycles. The molecule has 138 valence electrons. The molecule has 0 unspecified atom stereocenters. The summed E-state index contributed by atoms with van der Waals surface area (Å²) in [5.74, 6) is -0.767. The number of hydrogen-bond donors (Lipinski definition) is 2. The molecule has 7 nitrogen and oxygen atoms in total. The van der Waals surface area contributed by atoms with Crippen LogP contribution in [0.5, 0.6) is 0 Å².